The van der Waals surface area contributed by atoms with Gasteiger partial charge in [0.05, 0.1) is 16.8 Å². The third-order valence-corrected chi connectivity index (χ3v) is 5.42. The van der Waals surface area contributed by atoms with Gasteiger partial charge in [-0.1, -0.05) is 24.3 Å². The van der Waals surface area contributed by atoms with Crippen molar-refractivity contribution >= 4 is 28.8 Å². The van der Waals surface area contributed by atoms with Gasteiger partial charge in [0, 0.05) is 5.69 Å². The zero-order chi connectivity index (χ0) is 23.9. The standard InChI is InChI=1S/C25H18F4N2O2/c1-14-6-7-16(12-15(14)2)21-22(30-19-5-3-4-17(13-19)25(27,28)29)24(33)31(23(21)32)20-10-8-18(26)9-11-20/h3-13,30H,1-2H3. The van der Waals surface area contributed by atoms with Gasteiger partial charge in [0.2, 0.25) is 0 Å². The Bertz CT molecular complexity index is 1290. The number of hydrogen-bond donors (Lipinski definition) is 1. The highest BCUT2D eigenvalue weighted by atomic mass is 19.4. The van der Waals surface area contributed by atoms with E-state index in [0.717, 1.165) is 40.3 Å². The minimum absolute atomic E-state index is 0.00302. The second kappa shape index (κ2) is 8.20. The molecule has 2 amide bonds. The normalized spacial score (nSPS) is 14.3. The molecule has 4 rings (SSSR count). The molecule has 33 heavy (non-hydrogen) atoms. The number of hydrogen-bond acceptors (Lipinski definition) is 3. The summed E-state index contributed by atoms with van der Waals surface area (Å²) in [7, 11) is 0. The van der Waals surface area contributed by atoms with Crippen LogP contribution >= 0.6 is 0 Å². The summed E-state index contributed by atoms with van der Waals surface area (Å²) < 4.78 is 52.9. The van der Waals surface area contributed by atoms with Crippen LogP contribution in [0.4, 0.5) is 28.9 Å². The molecule has 0 radical (unpaired) electrons. The molecule has 1 N–H and O–H groups in total. The number of nitrogens with zero attached hydrogens (tertiary/aromatic N) is 1. The van der Waals surface area contributed by atoms with Gasteiger partial charge in [0.25, 0.3) is 11.8 Å². The molecule has 168 valence electrons. The lowest BCUT2D eigenvalue weighted by Crippen LogP contribution is -2.32. The molecule has 3 aromatic carbocycles. The molecule has 0 atom stereocenters. The van der Waals surface area contributed by atoms with Crippen molar-refractivity contribution in [3.8, 4) is 0 Å². The number of halogens is 4. The van der Waals surface area contributed by atoms with E-state index >= 15 is 0 Å². The first kappa shape index (κ1) is 22.3. The molecule has 0 aliphatic carbocycles. The fourth-order valence-corrected chi connectivity index (χ4v) is 3.55. The molecule has 4 nitrogen and oxygen atoms in total. The highest BCUT2D eigenvalue weighted by Gasteiger charge is 2.40. The number of aryl methyl sites for hydroxylation is 2. The molecule has 0 spiro atoms. The molecule has 0 saturated carbocycles. The Labute approximate surface area is 187 Å². The monoisotopic (exact) mass is 454 g/mol. The third-order valence-electron chi connectivity index (χ3n) is 5.42. The maximum atomic E-state index is 13.4. The van der Waals surface area contributed by atoms with Crippen LogP contribution in [0.15, 0.2) is 72.4 Å². The lowest BCUT2D eigenvalue weighted by Gasteiger charge is -2.15. The average Bonchev–Trinajstić information content (AvgIpc) is 3.00. The van der Waals surface area contributed by atoms with Gasteiger partial charge in [-0.3, -0.25) is 9.59 Å². The Hall–Kier alpha value is -3.94. The quantitative estimate of drug-likeness (QED) is 0.397. The topological polar surface area (TPSA) is 49.4 Å². The summed E-state index contributed by atoms with van der Waals surface area (Å²) in [6.07, 6.45) is -4.57. The average molecular weight is 454 g/mol. The predicted octanol–water partition coefficient (Wildman–Crippen LogP) is 5.86. The Kier molecular flexibility index (Phi) is 5.53. The second-order valence-corrected chi connectivity index (χ2v) is 7.67. The summed E-state index contributed by atoms with van der Waals surface area (Å²) in [4.78, 5) is 27.5. The fourth-order valence-electron chi connectivity index (χ4n) is 3.55. The maximum absolute atomic E-state index is 13.4. The van der Waals surface area contributed by atoms with Crippen molar-refractivity contribution in [1.82, 2.24) is 0 Å². The number of amides is 2. The number of nitrogens with one attached hydrogen (secondary N) is 1. The minimum atomic E-state index is -4.57. The molecule has 0 saturated heterocycles. The van der Waals surface area contributed by atoms with Gasteiger partial charge >= 0.3 is 6.18 Å². The zero-order valence-electron chi connectivity index (χ0n) is 17.6. The van der Waals surface area contributed by atoms with Gasteiger partial charge in [-0.05, 0) is 73.0 Å². The first-order valence-corrected chi connectivity index (χ1v) is 9.97. The summed E-state index contributed by atoms with van der Waals surface area (Å²) >= 11 is 0. The molecule has 0 unspecified atom stereocenters. The molecule has 3 aromatic rings. The van der Waals surface area contributed by atoms with E-state index in [9.17, 15) is 27.2 Å². The van der Waals surface area contributed by atoms with E-state index in [1.165, 1.54) is 24.3 Å². The van der Waals surface area contributed by atoms with Crippen LogP contribution in [0.3, 0.4) is 0 Å². The first-order valence-electron chi connectivity index (χ1n) is 9.97. The number of benzene rings is 3. The molecule has 0 fully saturated rings. The largest absolute Gasteiger partial charge is 0.416 e. The minimum Gasteiger partial charge on any atom is -0.350 e. The summed E-state index contributed by atoms with van der Waals surface area (Å²) in [6.45, 7) is 3.74. The van der Waals surface area contributed by atoms with Crippen molar-refractivity contribution in [3.05, 3.63) is 100 Å². The molecule has 1 heterocycles. The van der Waals surface area contributed by atoms with Gasteiger partial charge in [0.1, 0.15) is 11.5 Å². The molecule has 0 bridgehead atoms. The highest BCUT2D eigenvalue weighted by molar-refractivity contribution is 6.46. The Balaban J connectivity index is 1.83. The van der Waals surface area contributed by atoms with Crippen molar-refractivity contribution in [1.29, 1.82) is 0 Å². The van der Waals surface area contributed by atoms with E-state index in [1.54, 1.807) is 18.2 Å². The van der Waals surface area contributed by atoms with Crippen molar-refractivity contribution in [2.75, 3.05) is 10.2 Å². The number of rotatable bonds is 4. The van der Waals surface area contributed by atoms with Crippen LogP contribution in [0.1, 0.15) is 22.3 Å². The molecular weight excluding hydrogens is 436 g/mol. The number of carbonyl (C=O) groups is 2. The van der Waals surface area contributed by atoms with Crippen LogP contribution in [-0.2, 0) is 15.8 Å². The summed E-state index contributed by atoms with van der Waals surface area (Å²) in [5, 5.41) is 2.72. The Morgan fingerprint density at radius 3 is 2.15 bits per heavy atom. The van der Waals surface area contributed by atoms with Gasteiger partial charge < -0.3 is 5.32 Å². The smallest absolute Gasteiger partial charge is 0.350 e. The summed E-state index contributed by atoms with van der Waals surface area (Å²) in [6, 6.07) is 14.4. The highest BCUT2D eigenvalue weighted by Crippen LogP contribution is 2.36. The molecule has 1 aliphatic rings. The van der Waals surface area contributed by atoms with Gasteiger partial charge in [-0.25, -0.2) is 9.29 Å². The van der Waals surface area contributed by atoms with Crippen LogP contribution in [0.2, 0.25) is 0 Å². The summed E-state index contributed by atoms with van der Waals surface area (Å²) in [5.41, 5.74) is 1.40. The van der Waals surface area contributed by atoms with Crippen molar-refractivity contribution in [2.45, 2.75) is 20.0 Å². The molecule has 8 heteroatoms. The van der Waals surface area contributed by atoms with E-state index < -0.39 is 29.4 Å². The Morgan fingerprint density at radius 1 is 0.818 bits per heavy atom. The van der Waals surface area contributed by atoms with E-state index in [1.807, 2.05) is 13.8 Å². The van der Waals surface area contributed by atoms with Crippen molar-refractivity contribution in [2.24, 2.45) is 0 Å². The van der Waals surface area contributed by atoms with E-state index in [-0.39, 0.29) is 22.6 Å². The van der Waals surface area contributed by atoms with Crippen LogP contribution in [0, 0.1) is 19.7 Å². The number of anilines is 2. The van der Waals surface area contributed by atoms with Gasteiger partial charge in [-0.2, -0.15) is 13.2 Å². The molecular formula is C25H18F4N2O2. The number of carbonyl (C=O) groups excluding carboxylic acids is 2. The van der Waals surface area contributed by atoms with Crippen molar-refractivity contribution < 1.29 is 27.2 Å². The number of alkyl halides is 3. The maximum Gasteiger partial charge on any atom is 0.416 e. The van der Waals surface area contributed by atoms with Crippen LogP contribution in [0.25, 0.3) is 5.57 Å². The lowest BCUT2D eigenvalue weighted by molar-refractivity contribution is -0.137. The van der Waals surface area contributed by atoms with Crippen LogP contribution < -0.4 is 10.2 Å². The predicted molar refractivity (Wildman–Crippen MR) is 117 cm³/mol. The van der Waals surface area contributed by atoms with E-state index in [2.05, 4.69) is 5.32 Å². The Morgan fingerprint density at radius 2 is 1.52 bits per heavy atom. The van der Waals surface area contributed by atoms with Gasteiger partial charge in [-0.15, -0.1) is 0 Å². The van der Waals surface area contributed by atoms with Gasteiger partial charge in [0.15, 0.2) is 0 Å². The zero-order valence-corrected chi connectivity index (χ0v) is 17.6. The second-order valence-electron chi connectivity index (χ2n) is 7.67. The fraction of sp³-hybridized carbons (Fsp3) is 0.120. The third kappa shape index (κ3) is 4.24. The number of imide groups is 1. The van der Waals surface area contributed by atoms with E-state index in [4.69, 9.17) is 0 Å². The van der Waals surface area contributed by atoms with Crippen molar-refractivity contribution in [3.63, 3.8) is 0 Å². The van der Waals surface area contributed by atoms with Crippen LogP contribution in [0.5, 0.6) is 0 Å². The first-order chi connectivity index (χ1) is 15.6. The molecule has 1 aliphatic heterocycles. The van der Waals surface area contributed by atoms with E-state index in [0.29, 0.717) is 5.56 Å². The lowest BCUT2D eigenvalue weighted by atomic mass is 9.99. The molecule has 0 aromatic heterocycles. The SMILES string of the molecule is Cc1ccc(C2=C(Nc3cccc(C(F)(F)F)c3)C(=O)N(c3ccc(F)cc3)C2=O)cc1C. The van der Waals surface area contributed by atoms with Crippen LogP contribution in [-0.4, -0.2) is 11.8 Å². The summed E-state index contributed by atoms with van der Waals surface area (Å²) in [5.74, 6) is -1.95.